The van der Waals surface area contributed by atoms with E-state index in [9.17, 15) is 9.59 Å². The lowest BCUT2D eigenvalue weighted by atomic mass is 10.0. The maximum absolute atomic E-state index is 11.7. The smallest absolute Gasteiger partial charge is 0.326 e. The summed E-state index contributed by atoms with van der Waals surface area (Å²) in [4.78, 5) is 22.7. The number of carboxylic acids is 1. The molecule has 0 spiro atoms. The largest absolute Gasteiger partial charge is 0.484 e. The summed E-state index contributed by atoms with van der Waals surface area (Å²) < 4.78 is 5.36. The van der Waals surface area contributed by atoms with Crippen molar-refractivity contribution in [3.05, 3.63) is 29.8 Å². The number of carboxylic acid groups (broad SMARTS) is 1. The molecule has 1 rings (SSSR count). The average Bonchev–Trinajstić information content (AvgIpc) is 2.42. The van der Waals surface area contributed by atoms with Crippen LogP contribution in [-0.4, -0.2) is 29.6 Å². The number of carbonyl (C=O) groups is 2. The predicted octanol–water partition coefficient (Wildman–Crippen LogP) is 2.41. The van der Waals surface area contributed by atoms with E-state index in [0.29, 0.717) is 11.7 Å². The number of amides is 1. The lowest BCUT2D eigenvalue weighted by molar-refractivity contribution is -0.143. The molecule has 0 heterocycles. The highest BCUT2D eigenvalue weighted by molar-refractivity contribution is 5.84. The molecule has 0 fully saturated rings. The van der Waals surface area contributed by atoms with Crippen molar-refractivity contribution >= 4 is 11.9 Å². The highest BCUT2D eigenvalue weighted by atomic mass is 16.5. The fourth-order valence-electron chi connectivity index (χ4n) is 1.83. The molecule has 0 saturated heterocycles. The molecule has 0 radical (unpaired) electrons. The first-order valence-electron chi connectivity index (χ1n) is 7.06. The van der Waals surface area contributed by atoms with Gasteiger partial charge in [0.2, 0.25) is 0 Å². The Bertz CT molecular complexity index is 480. The molecule has 1 amide bonds. The maximum atomic E-state index is 11.7. The molecule has 1 aromatic carbocycles. The average molecular weight is 293 g/mol. The minimum atomic E-state index is -1.04. The quantitative estimate of drug-likeness (QED) is 0.809. The van der Waals surface area contributed by atoms with Gasteiger partial charge in [0.05, 0.1) is 0 Å². The van der Waals surface area contributed by atoms with Gasteiger partial charge in [-0.05, 0) is 29.5 Å². The van der Waals surface area contributed by atoms with E-state index >= 15 is 0 Å². The fraction of sp³-hybridized carbons (Fsp3) is 0.500. The highest BCUT2D eigenvalue weighted by Gasteiger charge is 2.23. The van der Waals surface area contributed by atoms with Crippen LogP contribution in [0.1, 0.15) is 39.2 Å². The lowest BCUT2D eigenvalue weighted by Crippen LogP contribution is -2.46. The van der Waals surface area contributed by atoms with Crippen LogP contribution in [0.25, 0.3) is 0 Å². The second-order valence-electron chi connectivity index (χ2n) is 5.64. The van der Waals surface area contributed by atoms with E-state index in [1.165, 1.54) is 5.56 Å². The first-order valence-corrected chi connectivity index (χ1v) is 7.06. The van der Waals surface area contributed by atoms with Gasteiger partial charge in [-0.2, -0.15) is 0 Å². The first-order chi connectivity index (χ1) is 9.81. The number of hydrogen-bond donors (Lipinski definition) is 2. The summed E-state index contributed by atoms with van der Waals surface area (Å²) in [6.45, 7) is 7.48. The van der Waals surface area contributed by atoms with Crippen molar-refractivity contribution < 1.29 is 19.4 Å². The summed E-state index contributed by atoms with van der Waals surface area (Å²) in [6.07, 6.45) is 0. The monoisotopic (exact) mass is 293 g/mol. The van der Waals surface area contributed by atoms with Gasteiger partial charge in [-0.15, -0.1) is 0 Å². The molecule has 116 valence electrons. The predicted molar refractivity (Wildman–Crippen MR) is 80.4 cm³/mol. The van der Waals surface area contributed by atoms with Crippen molar-refractivity contribution in [3.63, 3.8) is 0 Å². The molecule has 1 atom stereocenters. The van der Waals surface area contributed by atoms with Gasteiger partial charge in [0.25, 0.3) is 5.91 Å². The molecular formula is C16H23NO4. The van der Waals surface area contributed by atoms with Crippen LogP contribution in [0.4, 0.5) is 0 Å². The Morgan fingerprint density at radius 2 is 1.71 bits per heavy atom. The van der Waals surface area contributed by atoms with Gasteiger partial charge in [0.15, 0.2) is 6.61 Å². The topological polar surface area (TPSA) is 75.6 Å². The van der Waals surface area contributed by atoms with E-state index in [1.807, 2.05) is 12.1 Å². The molecular weight excluding hydrogens is 270 g/mol. The Labute approximate surface area is 125 Å². The SMILES string of the molecule is CC(C)c1ccc(OCC(=O)N[C@@H](C(=O)O)C(C)C)cc1. The summed E-state index contributed by atoms with van der Waals surface area (Å²) in [5.41, 5.74) is 1.19. The van der Waals surface area contributed by atoms with Crippen molar-refractivity contribution in [3.8, 4) is 5.75 Å². The standard InChI is InChI=1S/C16H23NO4/c1-10(2)12-5-7-13(8-6-12)21-9-14(18)17-15(11(3)4)16(19)20/h5-8,10-11,15H,9H2,1-4H3,(H,17,18)(H,19,20)/t15-/m1/s1. The zero-order valence-corrected chi connectivity index (χ0v) is 12.9. The summed E-state index contributed by atoms with van der Waals surface area (Å²) >= 11 is 0. The van der Waals surface area contributed by atoms with Gasteiger partial charge in [-0.3, -0.25) is 4.79 Å². The Hall–Kier alpha value is -2.04. The number of benzene rings is 1. The summed E-state index contributed by atoms with van der Waals surface area (Å²) in [5.74, 6) is -0.642. The normalized spacial score (nSPS) is 12.3. The third kappa shape index (κ3) is 5.45. The molecule has 0 saturated carbocycles. The zero-order chi connectivity index (χ0) is 16.0. The summed E-state index contributed by atoms with van der Waals surface area (Å²) in [5, 5.41) is 11.5. The van der Waals surface area contributed by atoms with Crippen molar-refractivity contribution in [1.29, 1.82) is 0 Å². The Morgan fingerprint density at radius 1 is 1.14 bits per heavy atom. The number of hydrogen-bond acceptors (Lipinski definition) is 3. The molecule has 2 N–H and O–H groups in total. The summed E-state index contributed by atoms with van der Waals surface area (Å²) in [7, 11) is 0. The molecule has 1 aromatic rings. The minimum Gasteiger partial charge on any atom is -0.484 e. The van der Waals surface area contributed by atoms with Crippen LogP contribution in [0.15, 0.2) is 24.3 Å². The minimum absolute atomic E-state index is 0.184. The molecule has 0 aliphatic heterocycles. The molecule has 21 heavy (non-hydrogen) atoms. The van der Waals surface area contributed by atoms with E-state index in [0.717, 1.165) is 0 Å². The molecule has 0 aliphatic carbocycles. The third-order valence-electron chi connectivity index (χ3n) is 3.17. The Kier molecular flexibility index (Phi) is 6.21. The number of carbonyl (C=O) groups excluding carboxylic acids is 1. The van der Waals surface area contributed by atoms with E-state index in [-0.39, 0.29) is 12.5 Å². The van der Waals surface area contributed by atoms with E-state index in [2.05, 4.69) is 19.2 Å². The number of ether oxygens (including phenoxy) is 1. The van der Waals surface area contributed by atoms with Crippen LogP contribution < -0.4 is 10.1 Å². The molecule has 0 unspecified atom stereocenters. The van der Waals surface area contributed by atoms with Crippen LogP contribution in [0, 0.1) is 5.92 Å². The third-order valence-corrected chi connectivity index (χ3v) is 3.17. The van der Waals surface area contributed by atoms with Crippen LogP contribution in [0.5, 0.6) is 5.75 Å². The Balaban J connectivity index is 2.51. The van der Waals surface area contributed by atoms with Gasteiger partial charge < -0.3 is 15.2 Å². The first kappa shape index (κ1) is 17.0. The number of aliphatic carboxylic acids is 1. The fourth-order valence-corrected chi connectivity index (χ4v) is 1.83. The molecule has 5 heteroatoms. The van der Waals surface area contributed by atoms with E-state index in [1.54, 1.807) is 26.0 Å². The summed E-state index contributed by atoms with van der Waals surface area (Å²) in [6, 6.07) is 6.61. The maximum Gasteiger partial charge on any atom is 0.326 e. The van der Waals surface area contributed by atoms with Gasteiger partial charge in [-0.25, -0.2) is 4.79 Å². The molecule has 0 bridgehead atoms. The lowest BCUT2D eigenvalue weighted by Gasteiger charge is -2.18. The van der Waals surface area contributed by atoms with Crippen LogP contribution in [0.2, 0.25) is 0 Å². The van der Waals surface area contributed by atoms with Crippen molar-refractivity contribution in [2.24, 2.45) is 5.92 Å². The second kappa shape index (κ2) is 7.67. The van der Waals surface area contributed by atoms with Crippen LogP contribution in [-0.2, 0) is 9.59 Å². The molecule has 0 aromatic heterocycles. The van der Waals surface area contributed by atoms with E-state index < -0.39 is 17.9 Å². The van der Waals surface area contributed by atoms with Gasteiger partial charge in [-0.1, -0.05) is 39.8 Å². The van der Waals surface area contributed by atoms with Crippen LogP contribution >= 0.6 is 0 Å². The van der Waals surface area contributed by atoms with Gasteiger partial charge >= 0.3 is 5.97 Å². The van der Waals surface area contributed by atoms with Crippen molar-refractivity contribution in [2.75, 3.05) is 6.61 Å². The Morgan fingerprint density at radius 3 is 2.14 bits per heavy atom. The molecule has 5 nitrogen and oxygen atoms in total. The van der Waals surface area contributed by atoms with Gasteiger partial charge in [0, 0.05) is 0 Å². The number of rotatable bonds is 7. The van der Waals surface area contributed by atoms with Crippen molar-refractivity contribution in [1.82, 2.24) is 5.32 Å². The zero-order valence-electron chi connectivity index (χ0n) is 12.9. The highest BCUT2D eigenvalue weighted by Crippen LogP contribution is 2.18. The molecule has 0 aliphatic rings. The van der Waals surface area contributed by atoms with Crippen LogP contribution in [0.3, 0.4) is 0 Å². The van der Waals surface area contributed by atoms with Gasteiger partial charge in [0.1, 0.15) is 11.8 Å². The number of nitrogens with one attached hydrogen (secondary N) is 1. The van der Waals surface area contributed by atoms with E-state index in [4.69, 9.17) is 9.84 Å². The second-order valence-corrected chi connectivity index (χ2v) is 5.64. The van der Waals surface area contributed by atoms with Crippen molar-refractivity contribution in [2.45, 2.75) is 39.7 Å².